The largest absolute Gasteiger partial charge is 0.477 e. The van der Waals surface area contributed by atoms with E-state index in [0.29, 0.717) is 13.1 Å². The van der Waals surface area contributed by atoms with Gasteiger partial charge in [0, 0.05) is 37.4 Å². The number of nitrogens with zero attached hydrogens (tertiary/aromatic N) is 2. The fourth-order valence-corrected chi connectivity index (χ4v) is 3.82. The highest BCUT2D eigenvalue weighted by Gasteiger charge is 2.33. The Morgan fingerprint density at radius 3 is 2.63 bits per heavy atom. The van der Waals surface area contributed by atoms with Crippen molar-refractivity contribution in [1.82, 2.24) is 9.88 Å². The Hall–Kier alpha value is -2.48. The maximum absolute atomic E-state index is 15.6. The van der Waals surface area contributed by atoms with E-state index in [1.165, 1.54) is 10.8 Å². The van der Waals surface area contributed by atoms with Crippen molar-refractivity contribution in [3.05, 3.63) is 39.7 Å². The van der Waals surface area contributed by atoms with Crippen molar-refractivity contribution >= 4 is 22.6 Å². The van der Waals surface area contributed by atoms with Gasteiger partial charge < -0.3 is 19.9 Å². The van der Waals surface area contributed by atoms with E-state index in [2.05, 4.69) is 5.32 Å². The Labute approximate surface area is 154 Å². The molecule has 144 valence electrons. The van der Waals surface area contributed by atoms with Gasteiger partial charge in [0.15, 0.2) is 5.82 Å². The molecular weight excluding hydrogens is 356 g/mol. The van der Waals surface area contributed by atoms with Crippen LogP contribution in [0.5, 0.6) is 0 Å². The van der Waals surface area contributed by atoms with Gasteiger partial charge >= 0.3 is 5.97 Å². The maximum atomic E-state index is 15.6. The van der Waals surface area contributed by atoms with Gasteiger partial charge in [-0.3, -0.25) is 4.79 Å². The van der Waals surface area contributed by atoms with Gasteiger partial charge in [0.1, 0.15) is 17.1 Å². The predicted octanol–water partition coefficient (Wildman–Crippen LogP) is 2.50. The lowest BCUT2D eigenvalue weighted by atomic mass is 10.1. The molecule has 2 N–H and O–H groups in total. The molecule has 0 radical (unpaired) electrons. The van der Waals surface area contributed by atoms with Crippen LogP contribution in [-0.4, -0.2) is 40.8 Å². The molecule has 0 amide bonds. The number of anilines is 1. The van der Waals surface area contributed by atoms with Crippen molar-refractivity contribution in [1.29, 1.82) is 0 Å². The van der Waals surface area contributed by atoms with Gasteiger partial charge in [0.2, 0.25) is 5.43 Å². The van der Waals surface area contributed by atoms with Crippen LogP contribution in [0, 0.1) is 11.6 Å². The Kier molecular flexibility index (Phi) is 4.18. The zero-order valence-electron chi connectivity index (χ0n) is 15.1. The molecule has 0 spiro atoms. The smallest absolute Gasteiger partial charge is 0.341 e. The van der Waals surface area contributed by atoms with E-state index in [-0.39, 0.29) is 34.7 Å². The summed E-state index contributed by atoms with van der Waals surface area (Å²) < 4.78 is 32.0. The van der Waals surface area contributed by atoms with Gasteiger partial charge in [-0.2, -0.15) is 0 Å². The number of halogens is 2. The number of pyridine rings is 1. The Morgan fingerprint density at radius 1 is 1.30 bits per heavy atom. The number of benzene rings is 1. The van der Waals surface area contributed by atoms with Crippen LogP contribution in [-0.2, 0) is 0 Å². The van der Waals surface area contributed by atoms with Gasteiger partial charge in [-0.15, -0.1) is 0 Å². The van der Waals surface area contributed by atoms with Gasteiger partial charge in [0.25, 0.3) is 0 Å². The molecule has 1 saturated heterocycles. The number of aromatic carboxylic acids is 1. The number of rotatable bonds is 3. The minimum absolute atomic E-state index is 0.0118. The summed E-state index contributed by atoms with van der Waals surface area (Å²) in [4.78, 5) is 25.6. The van der Waals surface area contributed by atoms with E-state index in [1.807, 2.05) is 13.8 Å². The zero-order chi connectivity index (χ0) is 19.5. The molecule has 2 aliphatic rings. The highest BCUT2D eigenvalue weighted by atomic mass is 19.1. The molecule has 2 atom stereocenters. The molecule has 6 nitrogen and oxygen atoms in total. The van der Waals surface area contributed by atoms with Crippen molar-refractivity contribution in [2.24, 2.45) is 0 Å². The number of carbonyl (C=O) groups is 1. The van der Waals surface area contributed by atoms with E-state index in [4.69, 9.17) is 0 Å². The molecule has 1 aromatic heterocycles. The van der Waals surface area contributed by atoms with E-state index in [9.17, 15) is 19.1 Å². The molecule has 1 aliphatic carbocycles. The van der Waals surface area contributed by atoms with Gasteiger partial charge in [-0.1, -0.05) is 0 Å². The third kappa shape index (κ3) is 2.88. The molecule has 0 bridgehead atoms. The Morgan fingerprint density at radius 2 is 2.00 bits per heavy atom. The first-order chi connectivity index (χ1) is 12.8. The van der Waals surface area contributed by atoms with Crippen LogP contribution >= 0.6 is 0 Å². The predicted molar refractivity (Wildman–Crippen MR) is 97.6 cm³/mol. The second-order valence-corrected chi connectivity index (χ2v) is 7.54. The van der Waals surface area contributed by atoms with E-state index in [0.717, 1.165) is 18.9 Å². The van der Waals surface area contributed by atoms with Crippen molar-refractivity contribution in [3.63, 3.8) is 0 Å². The van der Waals surface area contributed by atoms with Crippen LogP contribution in [0.3, 0.4) is 0 Å². The molecule has 8 heteroatoms. The third-order valence-electron chi connectivity index (χ3n) is 5.41. The van der Waals surface area contributed by atoms with E-state index in [1.54, 1.807) is 4.90 Å². The second kappa shape index (κ2) is 6.30. The Balaban J connectivity index is 2.01. The van der Waals surface area contributed by atoms with Gasteiger partial charge in [-0.05, 0) is 32.8 Å². The van der Waals surface area contributed by atoms with Crippen LogP contribution in [0.1, 0.15) is 43.1 Å². The maximum Gasteiger partial charge on any atom is 0.341 e. The molecule has 2 fully saturated rings. The molecule has 1 aromatic carbocycles. The monoisotopic (exact) mass is 377 g/mol. The van der Waals surface area contributed by atoms with Crippen LogP contribution in [0.25, 0.3) is 10.9 Å². The first kappa shape index (κ1) is 17.9. The lowest BCUT2D eigenvalue weighted by Crippen LogP contribution is -2.55. The van der Waals surface area contributed by atoms with Crippen LogP contribution in [0.4, 0.5) is 14.5 Å². The Bertz CT molecular complexity index is 1000. The topological polar surface area (TPSA) is 74.6 Å². The molecular formula is C19H21F2N3O3. The van der Waals surface area contributed by atoms with Crippen molar-refractivity contribution in [2.45, 2.75) is 44.8 Å². The van der Waals surface area contributed by atoms with E-state index >= 15 is 4.39 Å². The highest BCUT2D eigenvalue weighted by Crippen LogP contribution is 2.40. The molecule has 2 heterocycles. The number of fused-ring (bicyclic) bond motifs is 1. The lowest BCUT2D eigenvalue weighted by Gasteiger charge is -2.39. The first-order valence-corrected chi connectivity index (χ1v) is 9.09. The average Bonchev–Trinajstić information content (AvgIpc) is 3.43. The number of hydrogen-bond donors (Lipinski definition) is 2. The average molecular weight is 377 g/mol. The van der Waals surface area contributed by atoms with Crippen LogP contribution in [0.2, 0.25) is 0 Å². The molecule has 1 aliphatic heterocycles. The summed E-state index contributed by atoms with van der Waals surface area (Å²) in [7, 11) is 0. The third-order valence-corrected chi connectivity index (χ3v) is 5.41. The highest BCUT2D eigenvalue weighted by molar-refractivity contribution is 5.94. The summed E-state index contributed by atoms with van der Waals surface area (Å²) in [6, 6.07) is 0.858. The summed E-state index contributed by atoms with van der Waals surface area (Å²) in [6.45, 7) is 4.84. The molecule has 2 aromatic rings. The van der Waals surface area contributed by atoms with Gasteiger partial charge in [-0.25, -0.2) is 13.6 Å². The van der Waals surface area contributed by atoms with Crippen molar-refractivity contribution in [3.8, 4) is 0 Å². The summed E-state index contributed by atoms with van der Waals surface area (Å²) in [5.74, 6) is -3.04. The number of carboxylic acids is 1. The van der Waals surface area contributed by atoms with Gasteiger partial charge in [0.05, 0.1) is 10.9 Å². The second-order valence-electron chi connectivity index (χ2n) is 7.54. The summed E-state index contributed by atoms with van der Waals surface area (Å²) >= 11 is 0. The first-order valence-electron chi connectivity index (χ1n) is 9.09. The zero-order valence-corrected chi connectivity index (χ0v) is 15.1. The molecule has 2 unspecified atom stereocenters. The number of aromatic nitrogens is 1. The SMILES string of the molecule is CC1CN(c2c(F)cc3c(=O)c(C(=O)O)cn(C4CC4)c3c2F)C(C)CN1. The molecule has 4 rings (SSSR count). The normalized spacial score (nSPS) is 23.0. The standard InChI is InChI=1S/C19H21F2N3O3/c1-9-7-23(10(2)6-22-9)17-14(20)5-12-16(15(17)21)24(11-3-4-11)8-13(18(12)25)19(26)27/h5,8-11,22H,3-4,6-7H2,1-2H3,(H,26,27). The number of carboxylic acid groups (broad SMARTS) is 1. The van der Waals surface area contributed by atoms with Crippen molar-refractivity contribution in [2.75, 3.05) is 18.0 Å². The fraction of sp³-hybridized carbons (Fsp3) is 0.474. The number of piperazine rings is 1. The summed E-state index contributed by atoms with van der Waals surface area (Å²) in [5.41, 5.74) is -1.49. The summed E-state index contributed by atoms with van der Waals surface area (Å²) in [6.07, 6.45) is 2.73. The number of nitrogens with one attached hydrogen (secondary N) is 1. The van der Waals surface area contributed by atoms with Crippen LogP contribution in [0.15, 0.2) is 17.1 Å². The fourth-order valence-electron chi connectivity index (χ4n) is 3.82. The van der Waals surface area contributed by atoms with E-state index < -0.39 is 28.6 Å². The quantitative estimate of drug-likeness (QED) is 0.860. The van der Waals surface area contributed by atoms with Crippen molar-refractivity contribution < 1.29 is 18.7 Å². The minimum atomic E-state index is -1.40. The summed E-state index contributed by atoms with van der Waals surface area (Å²) in [5, 5.41) is 12.3. The number of hydrogen-bond acceptors (Lipinski definition) is 4. The van der Waals surface area contributed by atoms with Crippen LogP contribution < -0.4 is 15.6 Å². The molecule has 27 heavy (non-hydrogen) atoms. The molecule has 1 saturated carbocycles. The lowest BCUT2D eigenvalue weighted by molar-refractivity contribution is 0.0695. The minimum Gasteiger partial charge on any atom is -0.477 e.